The van der Waals surface area contributed by atoms with E-state index in [-0.39, 0.29) is 11.9 Å². The van der Waals surface area contributed by atoms with E-state index >= 15 is 0 Å². The SMILES string of the molecule is O=C(CNc1ccccc1I)NC1CCOCC1. The van der Waals surface area contributed by atoms with Gasteiger partial charge in [0.05, 0.1) is 6.54 Å². The second kappa shape index (κ2) is 6.94. The Bertz CT molecular complexity index is 406. The Hall–Kier alpha value is -0.820. The molecule has 4 nitrogen and oxygen atoms in total. The zero-order valence-corrected chi connectivity index (χ0v) is 12.3. The Morgan fingerprint density at radius 2 is 2.06 bits per heavy atom. The fraction of sp³-hybridized carbons (Fsp3) is 0.462. The second-order valence-electron chi connectivity index (χ2n) is 4.29. The van der Waals surface area contributed by atoms with Crippen molar-refractivity contribution in [2.75, 3.05) is 25.1 Å². The quantitative estimate of drug-likeness (QED) is 0.808. The summed E-state index contributed by atoms with van der Waals surface area (Å²) in [7, 11) is 0. The molecule has 1 aliphatic heterocycles. The molecule has 0 spiro atoms. The van der Waals surface area contributed by atoms with Crippen molar-refractivity contribution in [3.05, 3.63) is 27.8 Å². The van der Waals surface area contributed by atoms with Crippen LogP contribution < -0.4 is 10.6 Å². The molecule has 2 N–H and O–H groups in total. The average molecular weight is 360 g/mol. The van der Waals surface area contributed by atoms with Crippen molar-refractivity contribution in [2.24, 2.45) is 0 Å². The molecule has 0 bridgehead atoms. The van der Waals surface area contributed by atoms with Crippen LogP contribution in [-0.4, -0.2) is 31.7 Å². The molecule has 1 fully saturated rings. The van der Waals surface area contributed by atoms with Crippen LogP contribution in [0.2, 0.25) is 0 Å². The normalized spacial score (nSPS) is 16.3. The molecule has 0 atom stereocenters. The molecule has 1 saturated heterocycles. The lowest BCUT2D eigenvalue weighted by Gasteiger charge is -2.23. The number of amides is 1. The Balaban J connectivity index is 1.76. The molecule has 0 aromatic heterocycles. The van der Waals surface area contributed by atoms with E-state index in [1.165, 1.54) is 0 Å². The molecule has 98 valence electrons. The summed E-state index contributed by atoms with van der Waals surface area (Å²) in [4.78, 5) is 11.8. The Labute approximate surface area is 121 Å². The van der Waals surface area contributed by atoms with Crippen LogP contribution in [0.25, 0.3) is 0 Å². The van der Waals surface area contributed by atoms with Crippen LogP contribution in [-0.2, 0) is 9.53 Å². The molecule has 1 aliphatic rings. The minimum atomic E-state index is 0.0431. The number of para-hydroxylation sites is 1. The standard InChI is InChI=1S/C13H17IN2O2/c14-11-3-1-2-4-12(11)15-9-13(17)16-10-5-7-18-8-6-10/h1-4,10,15H,5-9H2,(H,16,17). The first-order valence-electron chi connectivity index (χ1n) is 6.11. The van der Waals surface area contributed by atoms with Crippen LogP contribution in [0.4, 0.5) is 5.69 Å². The molecule has 1 heterocycles. The van der Waals surface area contributed by atoms with E-state index in [2.05, 4.69) is 33.2 Å². The number of carbonyl (C=O) groups is 1. The minimum Gasteiger partial charge on any atom is -0.381 e. The lowest BCUT2D eigenvalue weighted by Crippen LogP contribution is -2.41. The predicted octanol–water partition coefficient (Wildman–Crippen LogP) is 2.00. The fourth-order valence-electron chi connectivity index (χ4n) is 1.90. The highest BCUT2D eigenvalue weighted by atomic mass is 127. The third kappa shape index (κ3) is 4.13. The molecular weight excluding hydrogens is 343 g/mol. The molecule has 0 aliphatic carbocycles. The Morgan fingerprint density at radius 1 is 1.33 bits per heavy atom. The van der Waals surface area contributed by atoms with Gasteiger partial charge in [0, 0.05) is 28.5 Å². The van der Waals surface area contributed by atoms with E-state index in [0.717, 1.165) is 35.3 Å². The van der Waals surface area contributed by atoms with Gasteiger partial charge in [0.25, 0.3) is 0 Å². The van der Waals surface area contributed by atoms with Crippen molar-refractivity contribution in [2.45, 2.75) is 18.9 Å². The van der Waals surface area contributed by atoms with Crippen LogP contribution in [0.5, 0.6) is 0 Å². The third-order valence-electron chi connectivity index (χ3n) is 2.90. The summed E-state index contributed by atoms with van der Waals surface area (Å²) in [5.41, 5.74) is 1.00. The molecule has 1 aromatic carbocycles. The van der Waals surface area contributed by atoms with Crippen molar-refractivity contribution in [1.82, 2.24) is 5.32 Å². The van der Waals surface area contributed by atoms with Crippen LogP contribution >= 0.6 is 22.6 Å². The number of hydrogen-bond donors (Lipinski definition) is 2. The zero-order chi connectivity index (χ0) is 12.8. The monoisotopic (exact) mass is 360 g/mol. The molecule has 0 saturated carbocycles. The average Bonchev–Trinajstić information content (AvgIpc) is 2.39. The summed E-state index contributed by atoms with van der Waals surface area (Å²) in [6, 6.07) is 8.20. The van der Waals surface area contributed by atoms with Crippen LogP contribution in [0.1, 0.15) is 12.8 Å². The van der Waals surface area contributed by atoms with Crippen molar-refractivity contribution in [3.8, 4) is 0 Å². The lowest BCUT2D eigenvalue weighted by atomic mass is 10.1. The number of carbonyl (C=O) groups excluding carboxylic acids is 1. The van der Waals surface area contributed by atoms with Crippen LogP contribution in [0.3, 0.4) is 0 Å². The number of anilines is 1. The van der Waals surface area contributed by atoms with Gasteiger partial charge in [0.1, 0.15) is 0 Å². The first-order valence-corrected chi connectivity index (χ1v) is 7.19. The topological polar surface area (TPSA) is 50.4 Å². The number of nitrogens with one attached hydrogen (secondary N) is 2. The highest BCUT2D eigenvalue weighted by molar-refractivity contribution is 14.1. The molecule has 0 unspecified atom stereocenters. The number of benzene rings is 1. The van der Waals surface area contributed by atoms with Crippen LogP contribution in [0, 0.1) is 3.57 Å². The predicted molar refractivity (Wildman–Crippen MR) is 79.6 cm³/mol. The second-order valence-corrected chi connectivity index (χ2v) is 5.45. The molecule has 1 aromatic rings. The first-order chi connectivity index (χ1) is 8.75. The van der Waals surface area contributed by atoms with Gasteiger partial charge in [0.2, 0.25) is 5.91 Å². The van der Waals surface area contributed by atoms with Gasteiger partial charge in [-0.15, -0.1) is 0 Å². The number of ether oxygens (including phenoxy) is 1. The van der Waals surface area contributed by atoms with Crippen molar-refractivity contribution in [3.63, 3.8) is 0 Å². The maximum Gasteiger partial charge on any atom is 0.239 e. The van der Waals surface area contributed by atoms with Crippen molar-refractivity contribution >= 4 is 34.2 Å². The number of rotatable bonds is 4. The van der Waals surface area contributed by atoms with E-state index < -0.39 is 0 Å². The molecule has 5 heteroatoms. The van der Waals surface area contributed by atoms with Gasteiger partial charge in [0.15, 0.2) is 0 Å². The van der Waals surface area contributed by atoms with Gasteiger partial charge in [-0.3, -0.25) is 4.79 Å². The Morgan fingerprint density at radius 3 is 2.78 bits per heavy atom. The highest BCUT2D eigenvalue weighted by Gasteiger charge is 2.15. The first kappa shape index (κ1) is 13.6. The minimum absolute atomic E-state index is 0.0431. The van der Waals surface area contributed by atoms with E-state index in [4.69, 9.17) is 4.74 Å². The fourth-order valence-corrected chi connectivity index (χ4v) is 2.48. The van der Waals surface area contributed by atoms with Gasteiger partial charge in [-0.1, -0.05) is 12.1 Å². The largest absolute Gasteiger partial charge is 0.381 e. The number of hydrogen-bond acceptors (Lipinski definition) is 3. The highest BCUT2D eigenvalue weighted by Crippen LogP contribution is 2.16. The molecule has 18 heavy (non-hydrogen) atoms. The van der Waals surface area contributed by atoms with Crippen molar-refractivity contribution in [1.29, 1.82) is 0 Å². The van der Waals surface area contributed by atoms with Gasteiger partial charge in [-0.05, 0) is 47.6 Å². The third-order valence-corrected chi connectivity index (χ3v) is 3.84. The van der Waals surface area contributed by atoms with Gasteiger partial charge in [-0.2, -0.15) is 0 Å². The summed E-state index contributed by atoms with van der Waals surface area (Å²) >= 11 is 2.25. The number of halogens is 1. The smallest absolute Gasteiger partial charge is 0.239 e. The van der Waals surface area contributed by atoms with Crippen molar-refractivity contribution < 1.29 is 9.53 Å². The Kier molecular flexibility index (Phi) is 5.25. The molecule has 0 radical (unpaired) electrons. The van der Waals surface area contributed by atoms with E-state index in [0.29, 0.717) is 6.54 Å². The summed E-state index contributed by atoms with van der Waals surface area (Å²) < 4.78 is 6.38. The summed E-state index contributed by atoms with van der Waals surface area (Å²) in [5.74, 6) is 0.0431. The zero-order valence-electron chi connectivity index (χ0n) is 10.1. The summed E-state index contributed by atoms with van der Waals surface area (Å²) in [6.07, 6.45) is 1.82. The van der Waals surface area contributed by atoms with E-state index in [1.54, 1.807) is 0 Å². The maximum absolute atomic E-state index is 11.8. The van der Waals surface area contributed by atoms with Gasteiger partial charge >= 0.3 is 0 Å². The molecule has 1 amide bonds. The van der Waals surface area contributed by atoms with Gasteiger partial charge < -0.3 is 15.4 Å². The molecule has 2 rings (SSSR count). The summed E-state index contributed by atoms with van der Waals surface area (Å²) in [5, 5.41) is 6.18. The molecular formula is C13H17IN2O2. The summed E-state index contributed by atoms with van der Waals surface area (Å²) in [6.45, 7) is 1.81. The van der Waals surface area contributed by atoms with E-state index in [1.807, 2.05) is 24.3 Å². The van der Waals surface area contributed by atoms with Gasteiger partial charge in [-0.25, -0.2) is 0 Å². The lowest BCUT2D eigenvalue weighted by molar-refractivity contribution is -0.120. The van der Waals surface area contributed by atoms with Crippen LogP contribution in [0.15, 0.2) is 24.3 Å². The maximum atomic E-state index is 11.8. The van der Waals surface area contributed by atoms with E-state index in [9.17, 15) is 4.79 Å².